The fraction of sp³-hybridized carbons (Fsp3) is 0.500. The van der Waals surface area contributed by atoms with Gasteiger partial charge in [0.05, 0.1) is 0 Å². The van der Waals surface area contributed by atoms with Gasteiger partial charge in [0.15, 0.2) is 6.10 Å². The molecule has 22 heavy (non-hydrogen) atoms. The molecular weight excluding hydrogens is 318 g/mol. The van der Waals surface area contributed by atoms with Crippen LogP contribution in [0.15, 0.2) is 18.2 Å². The van der Waals surface area contributed by atoms with Gasteiger partial charge in [-0.3, -0.25) is 9.35 Å². The van der Waals surface area contributed by atoms with Crippen LogP contribution in [0, 0.1) is 13.8 Å². The van der Waals surface area contributed by atoms with Crippen molar-refractivity contribution in [1.29, 1.82) is 0 Å². The molecule has 5 nitrogen and oxygen atoms in total. The van der Waals surface area contributed by atoms with Crippen LogP contribution in [0.25, 0.3) is 0 Å². The summed E-state index contributed by atoms with van der Waals surface area (Å²) in [6.07, 6.45) is -2.15. The van der Waals surface area contributed by atoms with Crippen molar-refractivity contribution in [2.75, 3.05) is 0 Å². The van der Waals surface area contributed by atoms with Crippen molar-refractivity contribution < 1.29 is 31.3 Å². The van der Waals surface area contributed by atoms with Gasteiger partial charge in [0, 0.05) is 6.42 Å². The molecule has 0 amide bonds. The average Bonchev–Trinajstić information content (AvgIpc) is 2.36. The molecule has 0 fully saturated rings. The van der Waals surface area contributed by atoms with Crippen LogP contribution in [-0.2, 0) is 26.1 Å². The zero-order valence-corrected chi connectivity index (χ0v) is 13.3. The number of ether oxygens (including phenoxy) is 1. The van der Waals surface area contributed by atoms with E-state index in [1.54, 1.807) is 0 Å². The van der Waals surface area contributed by atoms with E-state index >= 15 is 0 Å². The third kappa shape index (κ3) is 4.23. The fourth-order valence-corrected chi connectivity index (χ4v) is 2.47. The zero-order chi connectivity index (χ0) is 17.1. The van der Waals surface area contributed by atoms with Crippen molar-refractivity contribution >= 4 is 16.1 Å². The maximum atomic E-state index is 13.3. The zero-order valence-electron chi connectivity index (χ0n) is 12.5. The summed E-state index contributed by atoms with van der Waals surface area (Å²) in [5, 5.41) is -4.54. The van der Waals surface area contributed by atoms with E-state index in [0.717, 1.165) is 16.7 Å². The van der Waals surface area contributed by atoms with Gasteiger partial charge in [0.2, 0.25) is 0 Å². The van der Waals surface area contributed by atoms with Crippen LogP contribution in [0.4, 0.5) is 8.78 Å². The highest BCUT2D eigenvalue weighted by molar-refractivity contribution is 7.86. The Morgan fingerprint density at radius 3 is 2.27 bits per heavy atom. The molecule has 1 N–H and O–H groups in total. The van der Waals surface area contributed by atoms with Crippen LogP contribution in [-0.4, -0.2) is 30.3 Å². The minimum atomic E-state index is -5.64. The van der Waals surface area contributed by atoms with Crippen molar-refractivity contribution in [1.82, 2.24) is 0 Å². The number of rotatable bonds is 6. The molecule has 0 saturated carbocycles. The number of halogens is 2. The van der Waals surface area contributed by atoms with Crippen LogP contribution in [0.5, 0.6) is 0 Å². The van der Waals surface area contributed by atoms with Crippen molar-refractivity contribution in [3.8, 4) is 0 Å². The maximum Gasteiger partial charge on any atom is 0.405 e. The van der Waals surface area contributed by atoms with Crippen molar-refractivity contribution in [2.45, 2.75) is 45.0 Å². The smallest absolute Gasteiger partial charge is 0.405 e. The van der Waals surface area contributed by atoms with Crippen LogP contribution in [0.1, 0.15) is 30.0 Å². The number of benzene rings is 1. The highest BCUT2D eigenvalue weighted by Crippen LogP contribution is 2.27. The first-order valence-electron chi connectivity index (χ1n) is 6.56. The third-order valence-corrected chi connectivity index (χ3v) is 4.37. The molecule has 1 rings (SSSR count). The molecular formula is C14H18F2O5S. The lowest BCUT2D eigenvalue weighted by Crippen LogP contribution is -2.42. The Labute approximate surface area is 128 Å². The highest BCUT2D eigenvalue weighted by atomic mass is 32.2. The summed E-state index contributed by atoms with van der Waals surface area (Å²) < 4.78 is 60.5. The summed E-state index contributed by atoms with van der Waals surface area (Å²) >= 11 is 0. The highest BCUT2D eigenvalue weighted by Gasteiger charge is 2.51. The second-order valence-corrected chi connectivity index (χ2v) is 6.53. The minimum Gasteiger partial charge on any atom is -0.455 e. The van der Waals surface area contributed by atoms with Gasteiger partial charge in [-0.15, -0.1) is 0 Å². The first-order valence-corrected chi connectivity index (χ1v) is 8.00. The Morgan fingerprint density at radius 2 is 1.82 bits per heavy atom. The summed E-state index contributed by atoms with van der Waals surface area (Å²) in [6, 6.07) is 5.59. The molecule has 1 unspecified atom stereocenters. The number of hydrogen-bond donors (Lipinski definition) is 1. The predicted octanol–water partition coefficient (Wildman–Crippen LogP) is 2.65. The SMILES string of the molecule is Cc1cccc(C)c1CCC(=O)OC(C)C(F)(F)S(=O)(=O)O. The molecule has 0 radical (unpaired) electrons. The van der Waals surface area contributed by atoms with Crippen molar-refractivity contribution in [3.63, 3.8) is 0 Å². The molecule has 1 aromatic rings. The molecule has 0 aliphatic carbocycles. The van der Waals surface area contributed by atoms with Gasteiger partial charge in [0.1, 0.15) is 0 Å². The molecule has 1 atom stereocenters. The van der Waals surface area contributed by atoms with Gasteiger partial charge in [-0.05, 0) is 43.9 Å². The standard InChI is InChI=1S/C14H18F2O5S/c1-9-5-4-6-10(2)12(9)7-8-13(17)21-11(3)14(15,16)22(18,19)20/h4-6,11H,7-8H2,1-3H3,(H,18,19,20). The Morgan fingerprint density at radius 1 is 1.32 bits per heavy atom. The second-order valence-electron chi connectivity index (χ2n) is 5.04. The Kier molecular flexibility index (Phi) is 5.64. The summed E-state index contributed by atoms with van der Waals surface area (Å²) in [7, 11) is -5.64. The quantitative estimate of drug-likeness (QED) is 0.638. The van der Waals surface area contributed by atoms with Crippen molar-refractivity contribution in [2.24, 2.45) is 0 Å². The van der Waals surface area contributed by atoms with E-state index in [1.165, 1.54) is 0 Å². The molecule has 0 aromatic heterocycles. The summed E-state index contributed by atoms with van der Waals surface area (Å²) in [4.78, 5) is 11.6. The molecule has 0 aliphatic rings. The number of hydrogen-bond acceptors (Lipinski definition) is 4. The second kappa shape index (κ2) is 6.70. The van der Waals surface area contributed by atoms with Crippen LogP contribution < -0.4 is 0 Å². The number of alkyl halides is 2. The fourth-order valence-electron chi connectivity index (χ4n) is 2.00. The number of aryl methyl sites for hydroxylation is 2. The predicted molar refractivity (Wildman–Crippen MR) is 76.3 cm³/mol. The number of esters is 1. The molecule has 0 heterocycles. The van der Waals surface area contributed by atoms with E-state index in [0.29, 0.717) is 13.3 Å². The first-order chi connectivity index (χ1) is 9.96. The molecule has 0 bridgehead atoms. The number of carbonyl (C=O) groups excluding carboxylic acids is 1. The lowest BCUT2D eigenvalue weighted by molar-refractivity contribution is -0.159. The van der Waals surface area contributed by atoms with E-state index in [4.69, 9.17) is 4.55 Å². The van der Waals surface area contributed by atoms with Gasteiger partial charge in [-0.2, -0.15) is 17.2 Å². The normalized spacial score (nSPS) is 13.7. The molecule has 124 valence electrons. The molecule has 8 heteroatoms. The van der Waals surface area contributed by atoms with Gasteiger partial charge in [-0.1, -0.05) is 18.2 Å². The first kappa shape index (κ1) is 18.5. The molecule has 0 saturated heterocycles. The largest absolute Gasteiger partial charge is 0.455 e. The van der Waals surface area contributed by atoms with Gasteiger partial charge in [0.25, 0.3) is 0 Å². The third-order valence-electron chi connectivity index (χ3n) is 3.35. The maximum absolute atomic E-state index is 13.3. The lowest BCUT2D eigenvalue weighted by Gasteiger charge is -2.20. The summed E-state index contributed by atoms with van der Waals surface area (Å²) in [6.45, 7) is 4.44. The van der Waals surface area contributed by atoms with Crippen LogP contribution in [0.2, 0.25) is 0 Å². The topological polar surface area (TPSA) is 80.7 Å². The van der Waals surface area contributed by atoms with E-state index in [1.807, 2.05) is 32.0 Å². The molecule has 0 aliphatic heterocycles. The lowest BCUT2D eigenvalue weighted by atomic mass is 9.99. The van der Waals surface area contributed by atoms with Crippen LogP contribution in [0.3, 0.4) is 0 Å². The Balaban J connectivity index is 2.68. The molecule has 0 spiro atoms. The van der Waals surface area contributed by atoms with E-state index < -0.39 is 27.4 Å². The van der Waals surface area contributed by atoms with E-state index in [2.05, 4.69) is 4.74 Å². The Bertz CT molecular complexity index is 635. The monoisotopic (exact) mass is 336 g/mol. The van der Waals surface area contributed by atoms with E-state index in [9.17, 15) is 22.0 Å². The minimum absolute atomic E-state index is 0.169. The molecule has 1 aromatic carbocycles. The number of carbonyl (C=O) groups is 1. The van der Waals surface area contributed by atoms with Gasteiger partial charge >= 0.3 is 21.3 Å². The summed E-state index contributed by atoms with van der Waals surface area (Å²) in [5.74, 6) is -0.960. The van der Waals surface area contributed by atoms with Crippen molar-refractivity contribution in [3.05, 3.63) is 34.9 Å². The van der Waals surface area contributed by atoms with Crippen LogP contribution >= 0.6 is 0 Å². The average molecular weight is 336 g/mol. The summed E-state index contributed by atoms with van der Waals surface area (Å²) in [5.41, 5.74) is 2.84. The Hall–Kier alpha value is -1.54. The van der Waals surface area contributed by atoms with E-state index in [-0.39, 0.29) is 6.42 Å². The van der Waals surface area contributed by atoms with Gasteiger partial charge < -0.3 is 4.74 Å². The van der Waals surface area contributed by atoms with Gasteiger partial charge in [-0.25, -0.2) is 0 Å².